The molecule has 1 saturated heterocycles. The molecule has 1 aliphatic heterocycles. The van der Waals surface area contributed by atoms with Crippen LogP contribution in [-0.2, 0) is 5.41 Å². The third-order valence-corrected chi connectivity index (χ3v) is 5.60. The molecule has 2 amide bonds. The Hall–Kier alpha value is -2.56. The molecule has 0 radical (unpaired) electrons. The van der Waals surface area contributed by atoms with Gasteiger partial charge in [0.05, 0.1) is 6.33 Å². The van der Waals surface area contributed by atoms with Gasteiger partial charge in [-0.25, -0.2) is 9.78 Å². The molecule has 1 aromatic heterocycles. The Bertz CT molecular complexity index is 773. The summed E-state index contributed by atoms with van der Waals surface area (Å²) in [6.07, 6.45) is 12.0. The van der Waals surface area contributed by atoms with Gasteiger partial charge in [-0.2, -0.15) is 0 Å². The highest BCUT2D eigenvalue weighted by Crippen LogP contribution is 2.43. The first-order valence-corrected chi connectivity index (χ1v) is 8.97. The van der Waals surface area contributed by atoms with Crippen LogP contribution in [0, 0.1) is 0 Å². The minimum Gasteiger partial charge on any atom is -0.336 e. The fraction of sp³-hybridized carbons (Fsp3) is 0.400. The number of piperidine rings is 1. The average Bonchev–Trinajstić information content (AvgIpc) is 3.30. The number of fused-ring (bicyclic) bond motifs is 2. The number of rotatable bonds is 3. The minimum absolute atomic E-state index is 0.0390. The Labute approximate surface area is 148 Å². The molecule has 1 N–H and O–H groups in total. The maximum Gasteiger partial charge on any atom is 0.317 e. The van der Waals surface area contributed by atoms with Gasteiger partial charge in [0.1, 0.15) is 0 Å². The van der Waals surface area contributed by atoms with E-state index >= 15 is 0 Å². The van der Waals surface area contributed by atoms with Crippen LogP contribution in [0.15, 0.2) is 49.1 Å². The first kappa shape index (κ1) is 15.9. The summed E-state index contributed by atoms with van der Waals surface area (Å²) in [5.74, 6) is 0. The highest BCUT2D eigenvalue weighted by molar-refractivity contribution is 5.74. The fourth-order valence-electron chi connectivity index (χ4n) is 3.96. The van der Waals surface area contributed by atoms with E-state index in [0.29, 0.717) is 6.54 Å². The molecule has 5 nitrogen and oxygen atoms in total. The number of benzene rings is 1. The Morgan fingerprint density at radius 3 is 2.88 bits per heavy atom. The van der Waals surface area contributed by atoms with Crippen LogP contribution in [-0.4, -0.2) is 40.1 Å². The monoisotopic (exact) mass is 336 g/mol. The lowest BCUT2D eigenvalue weighted by Crippen LogP contribution is -2.48. The molecule has 1 aromatic carbocycles. The van der Waals surface area contributed by atoms with E-state index in [9.17, 15) is 4.79 Å². The van der Waals surface area contributed by atoms with E-state index in [0.717, 1.165) is 25.9 Å². The summed E-state index contributed by atoms with van der Waals surface area (Å²) in [6, 6.07) is 8.86. The number of carbonyl (C=O) groups is 1. The zero-order chi connectivity index (χ0) is 17.3. The number of imidazole rings is 1. The molecule has 0 bridgehead atoms. The van der Waals surface area contributed by atoms with E-state index in [2.05, 4.69) is 53.6 Å². The van der Waals surface area contributed by atoms with E-state index in [1.165, 1.54) is 11.1 Å². The lowest BCUT2D eigenvalue weighted by atomic mass is 9.74. The molecule has 1 aliphatic carbocycles. The number of likely N-dealkylation sites (tertiary alicyclic amines) is 1. The summed E-state index contributed by atoms with van der Waals surface area (Å²) in [7, 11) is 0. The highest BCUT2D eigenvalue weighted by Gasteiger charge is 2.38. The largest absolute Gasteiger partial charge is 0.336 e. The summed E-state index contributed by atoms with van der Waals surface area (Å²) in [5, 5.41) is 3.06. The number of aromatic nitrogens is 2. The minimum atomic E-state index is 0.0390. The van der Waals surface area contributed by atoms with Crippen LogP contribution in [0.3, 0.4) is 0 Å². The second-order valence-corrected chi connectivity index (χ2v) is 7.11. The summed E-state index contributed by atoms with van der Waals surface area (Å²) in [6.45, 7) is 4.28. The average molecular weight is 336 g/mol. The Morgan fingerprint density at radius 2 is 2.12 bits per heavy atom. The lowest BCUT2D eigenvalue weighted by molar-refractivity contribution is 0.169. The molecule has 4 rings (SSSR count). The van der Waals surface area contributed by atoms with Gasteiger partial charge in [0.25, 0.3) is 0 Å². The molecule has 1 spiro atoms. The predicted octanol–water partition coefficient (Wildman–Crippen LogP) is 3.21. The van der Waals surface area contributed by atoms with Gasteiger partial charge in [0.15, 0.2) is 0 Å². The quantitative estimate of drug-likeness (QED) is 0.936. The smallest absolute Gasteiger partial charge is 0.317 e. The summed E-state index contributed by atoms with van der Waals surface area (Å²) in [4.78, 5) is 18.5. The van der Waals surface area contributed by atoms with Gasteiger partial charge in [0.2, 0.25) is 0 Å². The number of amides is 2. The van der Waals surface area contributed by atoms with Crippen LogP contribution in [0.5, 0.6) is 0 Å². The van der Waals surface area contributed by atoms with Crippen LogP contribution in [0.4, 0.5) is 4.79 Å². The maximum atomic E-state index is 12.5. The molecular formula is C20H24N4O. The standard InChI is InChI=1S/C20H24N4O/c1-16(24-13-10-21-15-24)14-22-19(25)23-11-8-20(9-12-23)7-6-17-4-2-3-5-18(17)20/h2-7,10,13,15-16H,8-9,11-12,14H2,1H3,(H,22,25)/t16-/m0/s1. The third kappa shape index (κ3) is 2.95. The molecule has 1 atom stereocenters. The topological polar surface area (TPSA) is 50.2 Å². The normalized spacial score (nSPS) is 19.0. The zero-order valence-electron chi connectivity index (χ0n) is 14.6. The van der Waals surface area contributed by atoms with E-state index in [4.69, 9.17) is 0 Å². The van der Waals surface area contributed by atoms with E-state index in [1.807, 2.05) is 15.7 Å². The van der Waals surface area contributed by atoms with Crippen molar-refractivity contribution < 1.29 is 4.79 Å². The van der Waals surface area contributed by atoms with Crippen molar-refractivity contribution in [2.24, 2.45) is 0 Å². The van der Waals surface area contributed by atoms with Crippen LogP contribution < -0.4 is 5.32 Å². The van der Waals surface area contributed by atoms with Crippen molar-refractivity contribution in [2.75, 3.05) is 19.6 Å². The molecular weight excluding hydrogens is 312 g/mol. The zero-order valence-corrected chi connectivity index (χ0v) is 14.6. The molecule has 130 valence electrons. The number of urea groups is 1. The Balaban J connectivity index is 1.33. The Morgan fingerprint density at radius 1 is 1.32 bits per heavy atom. The fourth-order valence-corrected chi connectivity index (χ4v) is 3.96. The van der Waals surface area contributed by atoms with E-state index < -0.39 is 0 Å². The lowest BCUT2D eigenvalue weighted by Gasteiger charge is -2.39. The van der Waals surface area contributed by atoms with Crippen molar-refractivity contribution in [3.63, 3.8) is 0 Å². The third-order valence-electron chi connectivity index (χ3n) is 5.60. The molecule has 2 heterocycles. The number of carbonyl (C=O) groups excluding carboxylic acids is 1. The van der Waals surface area contributed by atoms with Gasteiger partial charge in [-0.1, -0.05) is 36.4 Å². The van der Waals surface area contributed by atoms with Gasteiger partial charge >= 0.3 is 6.03 Å². The molecule has 1 fully saturated rings. The van der Waals surface area contributed by atoms with Crippen molar-refractivity contribution in [3.8, 4) is 0 Å². The van der Waals surface area contributed by atoms with Crippen molar-refractivity contribution in [3.05, 3.63) is 60.2 Å². The number of nitrogens with zero attached hydrogens (tertiary/aromatic N) is 3. The maximum absolute atomic E-state index is 12.5. The second-order valence-electron chi connectivity index (χ2n) is 7.11. The predicted molar refractivity (Wildman–Crippen MR) is 98.3 cm³/mol. The number of hydrogen-bond acceptors (Lipinski definition) is 2. The summed E-state index contributed by atoms with van der Waals surface area (Å²) < 4.78 is 2.01. The van der Waals surface area contributed by atoms with Crippen molar-refractivity contribution in [1.82, 2.24) is 19.8 Å². The molecule has 0 saturated carbocycles. The SMILES string of the molecule is C[C@@H](CNC(=O)N1CCC2(C=Cc3ccccc32)CC1)n1ccnc1. The molecule has 25 heavy (non-hydrogen) atoms. The van der Waals surface area contributed by atoms with Gasteiger partial charge in [0, 0.05) is 43.5 Å². The van der Waals surface area contributed by atoms with Crippen LogP contribution >= 0.6 is 0 Å². The van der Waals surface area contributed by atoms with Crippen LogP contribution in [0.1, 0.15) is 36.9 Å². The van der Waals surface area contributed by atoms with Gasteiger partial charge < -0.3 is 14.8 Å². The summed E-state index contributed by atoms with van der Waals surface area (Å²) >= 11 is 0. The number of allylic oxidation sites excluding steroid dienone is 1. The first-order chi connectivity index (χ1) is 12.2. The molecule has 2 aliphatic rings. The van der Waals surface area contributed by atoms with Crippen molar-refractivity contribution in [2.45, 2.75) is 31.2 Å². The number of hydrogen-bond donors (Lipinski definition) is 1. The summed E-state index contributed by atoms with van der Waals surface area (Å²) in [5.41, 5.74) is 2.87. The molecule has 0 unspecified atom stereocenters. The van der Waals surface area contributed by atoms with Crippen LogP contribution in [0.2, 0.25) is 0 Å². The highest BCUT2D eigenvalue weighted by atomic mass is 16.2. The van der Waals surface area contributed by atoms with Gasteiger partial charge in [-0.05, 0) is 30.9 Å². The van der Waals surface area contributed by atoms with E-state index in [-0.39, 0.29) is 17.5 Å². The van der Waals surface area contributed by atoms with Crippen molar-refractivity contribution in [1.29, 1.82) is 0 Å². The van der Waals surface area contributed by atoms with Crippen molar-refractivity contribution >= 4 is 12.1 Å². The van der Waals surface area contributed by atoms with Gasteiger partial charge in [-0.15, -0.1) is 0 Å². The second kappa shape index (κ2) is 6.39. The van der Waals surface area contributed by atoms with Gasteiger partial charge in [-0.3, -0.25) is 0 Å². The first-order valence-electron chi connectivity index (χ1n) is 8.97. The molecule has 5 heteroatoms. The van der Waals surface area contributed by atoms with Crippen LogP contribution in [0.25, 0.3) is 6.08 Å². The van der Waals surface area contributed by atoms with E-state index in [1.54, 1.807) is 12.5 Å². The Kier molecular flexibility index (Phi) is 4.07. The molecule has 2 aromatic rings. The number of nitrogens with one attached hydrogen (secondary N) is 1.